The van der Waals surface area contributed by atoms with Crippen molar-refractivity contribution in [3.8, 4) is 63.4 Å². The second-order valence-electron chi connectivity index (χ2n) is 30.8. The molecule has 3 saturated carbocycles. The van der Waals surface area contributed by atoms with E-state index in [0.29, 0.717) is 111 Å². The zero-order chi connectivity index (χ0) is 85.4. The Kier molecular flexibility index (Phi) is 33.7. The number of aromatic nitrogens is 15. The van der Waals surface area contributed by atoms with Gasteiger partial charge >= 0.3 is 0 Å². The molecule has 11 aromatic rings. The number of nitrogens with one attached hydrogen (secondary N) is 4. The maximum atomic E-state index is 6.18. The van der Waals surface area contributed by atoms with E-state index in [0.717, 1.165) is 123 Å². The number of nitrogens with two attached hydrogens (primary N) is 2. The number of methoxy groups -OCH3 is 1. The van der Waals surface area contributed by atoms with Crippen LogP contribution in [0.5, 0.6) is 63.4 Å². The lowest BCUT2D eigenvalue weighted by atomic mass is 9.95. The van der Waals surface area contributed by atoms with Crippen LogP contribution >= 0.6 is 63.7 Å². The highest BCUT2D eigenvalue weighted by Gasteiger charge is 2.30. The number of halogens is 4. The van der Waals surface area contributed by atoms with Crippen LogP contribution in [-0.4, -0.2) is 107 Å². The molecule has 8 N–H and O–H groups in total. The molecular formula is C88H107Br4N21O6. The summed E-state index contributed by atoms with van der Waals surface area (Å²) in [4.78, 5) is 64.4. The molecule has 628 valence electrons. The van der Waals surface area contributed by atoms with E-state index in [2.05, 4.69) is 236 Å². The fraction of sp³-hybridized carbons (Fsp3) is 0.398. The summed E-state index contributed by atoms with van der Waals surface area (Å²) in [6, 6.07) is 20.5. The number of nitrogen functional groups attached to an aromatic ring is 2. The van der Waals surface area contributed by atoms with Crippen molar-refractivity contribution >= 4 is 111 Å². The second-order valence-corrected chi connectivity index (χ2v) is 34.0. The van der Waals surface area contributed by atoms with Gasteiger partial charge in [-0.05, 0) is 184 Å². The first-order chi connectivity index (χ1) is 57.0. The fourth-order valence-electron chi connectivity index (χ4n) is 12.0. The molecule has 0 bridgehead atoms. The Balaban J connectivity index is 0.000000157. The summed E-state index contributed by atoms with van der Waals surface area (Å²) >= 11 is 13.6. The van der Waals surface area contributed by atoms with E-state index in [1.165, 1.54) is 44.9 Å². The van der Waals surface area contributed by atoms with Crippen LogP contribution in [0.2, 0.25) is 0 Å². The van der Waals surface area contributed by atoms with Gasteiger partial charge < -0.3 is 61.2 Å². The lowest BCUT2D eigenvalue weighted by molar-refractivity contribution is 0.392. The van der Waals surface area contributed by atoms with Gasteiger partial charge in [0.15, 0.2) is 57.8 Å². The van der Waals surface area contributed by atoms with Gasteiger partial charge in [0.2, 0.25) is 11.8 Å². The Morgan fingerprint density at radius 2 is 0.807 bits per heavy atom. The summed E-state index contributed by atoms with van der Waals surface area (Å²) in [5.41, 5.74) is 17.7. The first-order valence-electron chi connectivity index (χ1n) is 40.1. The van der Waals surface area contributed by atoms with Crippen molar-refractivity contribution in [2.75, 3.05) is 46.4 Å². The van der Waals surface area contributed by atoms with Crippen molar-refractivity contribution in [2.45, 2.75) is 203 Å². The summed E-state index contributed by atoms with van der Waals surface area (Å²) in [5, 5.41) is 13.7. The first kappa shape index (κ1) is 90.9. The molecule has 0 saturated heterocycles. The van der Waals surface area contributed by atoms with Gasteiger partial charge in [0.1, 0.15) is 70.5 Å². The fourth-order valence-corrected chi connectivity index (χ4v) is 13.3. The molecule has 31 heteroatoms. The average Bonchev–Trinajstić information content (AvgIpc) is 1.54. The van der Waals surface area contributed by atoms with Crippen molar-refractivity contribution in [3.63, 3.8) is 0 Å². The van der Waals surface area contributed by atoms with E-state index in [-0.39, 0.29) is 11.8 Å². The second kappa shape index (κ2) is 44.1. The summed E-state index contributed by atoms with van der Waals surface area (Å²) in [7, 11) is 1.55. The lowest BCUT2D eigenvalue weighted by Crippen LogP contribution is -2.23. The van der Waals surface area contributed by atoms with E-state index < -0.39 is 0 Å². The molecule has 119 heavy (non-hydrogen) atoms. The molecule has 3 aliphatic rings. The lowest BCUT2D eigenvalue weighted by Gasteiger charge is -2.24. The highest BCUT2D eigenvalue weighted by Crippen LogP contribution is 2.42. The van der Waals surface area contributed by atoms with Crippen LogP contribution in [0.25, 0.3) is 12.2 Å². The summed E-state index contributed by atoms with van der Waals surface area (Å²) in [6.07, 6.45) is 32.3. The van der Waals surface area contributed by atoms with Crippen LogP contribution in [0, 0.1) is 39.5 Å². The Labute approximate surface area is 731 Å². The van der Waals surface area contributed by atoms with Gasteiger partial charge in [-0.2, -0.15) is 4.98 Å². The van der Waals surface area contributed by atoms with Crippen LogP contribution < -0.4 is 61.2 Å². The Bertz CT molecular complexity index is 5190. The summed E-state index contributed by atoms with van der Waals surface area (Å²) < 4.78 is 38.6. The third kappa shape index (κ3) is 28.4. The number of benzene rings is 1. The maximum Gasteiger partial charge on any atom is 0.222 e. The van der Waals surface area contributed by atoms with Crippen molar-refractivity contribution in [1.82, 2.24) is 74.8 Å². The maximum absolute atomic E-state index is 6.18. The topological polar surface area (TPSA) is 349 Å². The molecule has 0 aliphatic heterocycles. The molecule has 1 aromatic carbocycles. The first-order valence-corrected chi connectivity index (χ1v) is 43.2. The van der Waals surface area contributed by atoms with E-state index in [9.17, 15) is 0 Å². The van der Waals surface area contributed by atoms with Crippen LogP contribution in [0.15, 0.2) is 141 Å². The minimum Gasteiger partial charge on any atom is -0.481 e. The quantitative estimate of drug-likeness (QED) is 0.0260. The molecular weight excluding hydrogens is 1770 g/mol. The largest absolute Gasteiger partial charge is 0.481 e. The number of rotatable bonds is 27. The molecule has 10 heterocycles. The van der Waals surface area contributed by atoms with E-state index >= 15 is 0 Å². The minimum atomic E-state index is 0.241. The normalized spacial score (nSPS) is 13.4. The van der Waals surface area contributed by atoms with E-state index in [1.54, 1.807) is 57.3 Å². The number of nitrogens with zero attached hydrogens (tertiary/aromatic N) is 15. The van der Waals surface area contributed by atoms with Gasteiger partial charge in [-0.15, -0.1) is 0 Å². The molecule has 3 fully saturated rings. The standard InChI is InChI=1S/C19H18N4O2.C18H24BrN5O.C18H23BrN4O.C17H23BrN4O.C16H19BrN4O/c1-13-21-12-17(19(20)23-13)25-16-10-18(24-2)22-11-15(16)9-8-14-6-4-3-5-7-14;1-11(2)13-9-21-16(19)8-14(13)25-15-10-22-18(20)24-17(15)23-12-6-4-3-5-7-12;1-10(2)14-8-21-17(19)7-15(14)24-16-9-20-12(4)23-18(16)22-11(3)13-5-6-13;1-10(2)7-21-17-15(9-19-12(5)22-17)23-14-6-16(18)20-8-13(14)11(3)4;1-9(2)12-7-19-15(17)6-13(12)22-14-8-18-10(3)20-16(14)21-11-4-5-11/h3-12H,1-2H3,(H2,20,21,23);8-12H,3-7H2,1-2H3,(H3,20,22,23,24);7-11,13H,5-6H2,1-4H3,(H,20,22,23);6,8-11H,7H2,1-5H3,(H,19,21,22);6-9,11H,4-5H2,1-3H3,(H,18,20,21)/b9-8+;;;;/t;;11-;;/m..1../s1. The molecule has 1 atom stereocenters. The highest BCUT2D eigenvalue weighted by molar-refractivity contribution is 9.11. The number of hydrogen-bond donors (Lipinski definition) is 6. The number of ether oxygens (including phenoxy) is 6. The molecule has 10 aromatic heterocycles. The summed E-state index contributed by atoms with van der Waals surface area (Å²) in [5.74, 6) is 15.6. The van der Waals surface area contributed by atoms with Gasteiger partial charge in [-0.1, -0.05) is 125 Å². The molecule has 3 aliphatic carbocycles. The number of hydrogen-bond acceptors (Lipinski definition) is 27. The van der Waals surface area contributed by atoms with Crippen LogP contribution in [-0.2, 0) is 0 Å². The smallest absolute Gasteiger partial charge is 0.222 e. The Morgan fingerprint density at radius 3 is 1.24 bits per heavy atom. The van der Waals surface area contributed by atoms with E-state index in [4.69, 9.17) is 39.9 Å². The van der Waals surface area contributed by atoms with Crippen molar-refractivity contribution in [3.05, 3.63) is 198 Å². The molecule has 0 unspecified atom stereocenters. The SMILES string of the molecule is CC(C)c1cnc(Br)cc1Oc1cnc(N)nc1NC1CCCCC1.COc1cc(Oc2cnc(C)nc2N)c(/C=C/c2ccccc2)cn1.Cc1ncc(Oc2cc(Br)ncc2C(C)C)c(NC2CC2)n1.Cc1ncc(Oc2cc(Br)ncc2C(C)C)c(NCC(C)C)n1.Cc1ncc(Oc2cc(Br)ncc2C(C)C)c(N[C@H](C)C2CC2)n1. The van der Waals surface area contributed by atoms with Gasteiger partial charge in [0.25, 0.3) is 0 Å². The third-order valence-electron chi connectivity index (χ3n) is 18.9. The van der Waals surface area contributed by atoms with Crippen molar-refractivity contribution in [1.29, 1.82) is 0 Å². The van der Waals surface area contributed by atoms with Gasteiger partial charge in [0.05, 0.1) is 38.1 Å². The van der Waals surface area contributed by atoms with E-state index in [1.807, 2.05) is 112 Å². The Hall–Kier alpha value is -10.4. The third-order valence-corrected chi connectivity index (χ3v) is 20.6. The molecule has 0 amide bonds. The average molecular weight is 1870 g/mol. The zero-order valence-corrected chi connectivity index (χ0v) is 76.6. The highest BCUT2D eigenvalue weighted by atomic mass is 79.9. The van der Waals surface area contributed by atoms with Crippen molar-refractivity contribution in [2.24, 2.45) is 11.8 Å². The number of aryl methyl sites for hydroxylation is 4. The minimum absolute atomic E-state index is 0.241. The zero-order valence-electron chi connectivity index (χ0n) is 70.3. The van der Waals surface area contributed by atoms with Crippen LogP contribution in [0.4, 0.5) is 35.0 Å². The monoisotopic (exact) mass is 1870 g/mol. The van der Waals surface area contributed by atoms with Crippen molar-refractivity contribution < 1.29 is 28.4 Å². The molecule has 27 nitrogen and oxygen atoms in total. The molecule has 0 spiro atoms. The van der Waals surface area contributed by atoms with Gasteiger partial charge in [-0.25, -0.2) is 69.8 Å². The molecule has 0 radical (unpaired) electrons. The number of anilines is 6. The van der Waals surface area contributed by atoms with Crippen LogP contribution in [0.1, 0.15) is 214 Å². The van der Waals surface area contributed by atoms with Crippen LogP contribution in [0.3, 0.4) is 0 Å². The van der Waals surface area contributed by atoms with Gasteiger partial charge in [0, 0.05) is 114 Å². The predicted molar refractivity (Wildman–Crippen MR) is 485 cm³/mol. The Morgan fingerprint density at radius 1 is 0.403 bits per heavy atom. The predicted octanol–water partition coefficient (Wildman–Crippen LogP) is 23.0. The summed E-state index contributed by atoms with van der Waals surface area (Å²) in [6.45, 7) is 31.6. The molecule has 14 rings (SSSR count). The van der Waals surface area contributed by atoms with Gasteiger partial charge in [-0.3, -0.25) is 0 Å². The number of pyridine rings is 5.